The highest BCUT2D eigenvalue weighted by Gasteiger charge is 2.08. The first-order chi connectivity index (χ1) is 13.2. The summed E-state index contributed by atoms with van der Waals surface area (Å²) in [6, 6.07) is 21.3. The number of hydrogen-bond donors (Lipinski definition) is 2. The van der Waals surface area contributed by atoms with Gasteiger partial charge in [0.15, 0.2) is 0 Å². The molecular formula is C22H18FN3O. The molecular weight excluding hydrogens is 341 g/mol. The van der Waals surface area contributed by atoms with Gasteiger partial charge in [-0.1, -0.05) is 30.3 Å². The largest absolute Gasteiger partial charge is 0.342 e. The van der Waals surface area contributed by atoms with E-state index < -0.39 is 0 Å². The second kappa shape index (κ2) is 7.41. The van der Waals surface area contributed by atoms with Crippen molar-refractivity contribution in [2.45, 2.75) is 12.8 Å². The summed E-state index contributed by atoms with van der Waals surface area (Å²) in [5, 5.41) is 2.83. The molecule has 0 aliphatic heterocycles. The predicted octanol–water partition coefficient (Wildman–Crippen LogP) is 4.74. The Balaban J connectivity index is 1.47. The summed E-state index contributed by atoms with van der Waals surface area (Å²) in [5.74, 6) is 0.266. The van der Waals surface area contributed by atoms with E-state index in [1.807, 2.05) is 36.4 Å². The molecule has 27 heavy (non-hydrogen) atoms. The molecule has 0 saturated carbocycles. The van der Waals surface area contributed by atoms with E-state index in [0.717, 1.165) is 29.7 Å². The number of rotatable bonds is 5. The van der Waals surface area contributed by atoms with Crippen LogP contribution in [0.25, 0.3) is 11.0 Å². The number of H-pyrrole nitrogens is 1. The van der Waals surface area contributed by atoms with Crippen LogP contribution in [0.2, 0.25) is 0 Å². The van der Waals surface area contributed by atoms with E-state index in [-0.39, 0.29) is 11.7 Å². The Kier molecular flexibility index (Phi) is 4.66. The standard InChI is InChI=1S/C22H18FN3O/c23-17-9-7-16(8-10-17)22(27)24-18-11-12-19-20(14-18)26-21(25-19)13-6-15-4-2-1-3-5-15/h1-5,7-12,14H,6,13H2,(H,24,27)(H,25,26). The summed E-state index contributed by atoms with van der Waals surface area (Å²) in [5.41, 5.74) is 4.07. The number of carbonyl (C=O) groups excluding carboxylic acids is 1. The molecule has 0 unspecified atom stereocenters. The Morgan fingerprint density at radius 1 is 0.963 bits per heavy atom. The summed E-state index contributed by atoms with van der Waals surface area (Å²) in [6.45, 7) is 0. The highest BCUT2D eigenvalue weighted by Crippen LogP contribution is 2.19. The van der Waals surface area contributed by atoms with Gasteiger partial charge in [-0.05, 0) is 54.4 Å². The number of aryl methyl sites for hydroxylation is 2. The molecule has 0 radical (unpaired) electrons. The van der Waals surface area contributed by atoms with Gasteiger partial charge >= 0.3 is 0 Å². The summed E-state index contributed by atoms with van der Waals surface area (Å²) < 4.78 is 13.0. The van der Waals surface area contributed by atoms with Crippen LogP contribution in [0.4, 0.5) is 10.1 Å². The quantitative estimate of drug-likeness (QED) is 0.541. The van der Waals surface area contributed by atoms with Gasteiger partial charge in [0.2, 0.25) is 0 Å². The van der Waals surface area contributed by atoms with Crippen molar-refractivity contribution in [3.63, 3.8) is 0 Å². The first kappa shape index (κ1) is 17.0. The molecule has 4 aromatic rings. The topological polar surface area (TPSA) is 57.8 Å². The normalized spacial score (nSPS) is 10.9. The maximum Gasteiger partial charge on any atom is 0.255 e. The number of fused-ring (bicyclic) bond motifs is 1. The number of carbonyl (C=O) groups is 1. The zero-order valence-electron chi connectivity index (χ0n) is 14.6. The zero-order valence-corrected chi connectivity index (χ0v) is 14.6. The van der Waals surface area contributed by atoms with Crippen molar-refractivity contribution in [3.05, 3.63) is 95.6 Å². The van der Waals surface area contributed by atoms with E-state index in [9.17, 15) is 9.18 Å². The molecule has 0 bridgehead atoms. The average Bonchev–Trinajstić information content (AvgIpc) is 3.10. The highest BCUT2D eigenvalue weighted by molar-refractivity contribution is 6.04. The van der Waals surface area contributed by atoms with Crippen molar-refractivity contribution >= 4 is 22.6 Å². The average molecular weight is 359 g/mol. The second-order valence-corrected chi connectivity index (χ2v) is 6.36. The Morgan fingerprint density at radius 3 is 2.52 bits per heavy atom. The first-order valence-corrected chi connectivity index (χ1v) is 8.77. The molecule has 4 rings (SSSR count). The van der Waals surface area contributed by atoms with Gasteiger partial charge < -0.3 is 10.3 Å². The summed E-state index contributed by atoms with van der Waals surface area (Å²) >= 11 is 0. The lowest BCUT2D eigenvalue weighted by Crippen LogP contribution is -2.11. The minimum Gasteiger partial charge on any atom is -0.342 e. The number of anilines is 1. The molecule has 5 heteroatoms. The molecule has 134 valence electrons. The molecule has 1 amide bonds. The molecule has 2 N–H and O–H groups in total. The summed E-state index contributed by atoms with van der Waals surface area (Å²) in [6.07, 6.45) is 1.73. The van der Waals surface area contributed by atoms with Gasteiger partial charge in [-0.15, -0.1) is 0 Å². The lowest BCUT2D eigenvalue weighted by molar-refractivity contribution is 0.102. The Hall–Kier alpha value is -3.47. The second-order valence-electron chi connectivity index (χ2n) is 6.36. The van der Waals surface area contributed by atoms with Crippen molar-refractivity contribution in [2.24, 2.45) is 0 Å². The number of aromatic nitrogens is 2. The molecule has 1 aromatic heterocycles. The Morgan fingerprint density at radius 2 is 1.74 bits per heavy atom. The third kappa shape index (κ3) is 4.03. The molecule has 0 atom stereocenters. The molecule has 1 heterocycles. The van der Waals surface area contributed by atoms with Crippen molar-refractivity contribution in [2.75, 3.05) is 5.32 Å². The third-order valence-electron chi connectivity index (χ3n) is 4.39. The number of halogens is 1. The lowest BCUT2D eigenvalue weighted by atomic mass is 10.1. The number of nitrogens with one attached hydrogen (secondary N) is 2. The molecule has 0 aliphatic carbocycles. The molecule has 4 nitrogen and oxygen atoms in total. The minimum atomic E-state index is -0.367. The van der Waals surface area contributed by atoms with Crippen LogP contribution in [-0.2, 0) is 12.8 Å². The molecule has 3 aromatic carbocycles. The van der Waals surface area contributed by atoms with Crippen LogP contribution in [0.1, 0.15) is 21.7 Å². The van der Waals surface area contributed by atoms with Crippen LogP contribution in [0.15, 0.2) is 72.8 Å². The van der Waals surface area contributed by atoms with Gasteiger partial charge in [-0.3, -0.25) is 4.79 Å². The van der Waals surface area contributed by atoms with Crippen LogP contribution in [0.3, 0.4) is 0 Å². The van der Waals surface area contributed by atoms with Gasteiger partial charge in [0, 0.05) is 17.7 Å². The van der Waals surface area contributed by atoms with Gasteiger partial charge in [0.05, 0.1) is 11.0 Å². The van der Waals surface area contributed by atoms with Crippen LogP contribution in [-0.4, -0.2) is 15.9 Å². The van der Waals surface area contributed by atoms with Crippen molar-refractivity contribution in [1.29, 1.82) is 0 Å². The zero-order chi connectivity index (χ0) is 18.6. The van der Waals surface area contributed by atoms with Crippen LogP contribution < -0.4 is 5.32 Å². The number of nitrogens with zero attached hydrogens (tertiary/aromatic N) is 1. The van der Waals surface area contributed by atoms with Crippen LogP contribution in [0, 0.1) is 5.82 Å². The summed E-state index contributed by atoms with van der Waals surface area (Å²) in [7, 11) is 0. The van der Waals surface area contributed by atoms with Crippen LogP contribution >= 0.6 is 0 Å². The van der Waals surface area contributed by atoms with E-state index in [2.05, 4.69) is 27.4 Å². The maximum atomic E-state index is 13.0. The Labute approximate surface area is 156 Å². The van der Waals surface area contributed by atoms with Gasteiger partial charge in [0.25, 0.3) is 5.91 Å². The fraction of sp³-hybridized carbons (Fsp3) is 0.0909. The fourth-order valence-corrected chi connectivity index (χ4v) is 2.97. The number of aromatic amines is 1. The highest BCUT2D eigenvalue weighted by atomic mass is 19.1. The molecule has 0 aliphatic rings. The van der Waals surface area contributed by atoms with E-state index in [4.69, 9.17) is 0 Å². The lowest BCUT2D eigenvalue weighted by Gasteiger charge is -2.05. The minimum absolute atomic E-state index is 0.279. The predicted molar refractivity (Wildman–Crippen MR) is 104 cm³/mol. The molecule has 0 fully saturated rings. The Bertz CT molecular complexity index is 1070. The van der Waals surface area contributed by atoms with E-state index >= 15 is 0 Å². The smallest absolute Gasteiger partial charge is 0.255 e. The van der Waals surface area contributed by atoms with Crippen molar-refractivity contribution in [1.82, 2.24) is 9.97 Å². The van der Waals surface area contributed by atoms with E-state index in [1.165, 1.54) is 29.8 Å². The third-order valence-corrected chi connectivity index (χ3v) is 4.39. The number of imidazole rings is 1. The van der Waals surface area contributed by atoms with E-state index in [1.54, 1.807) is 0 Å². The van der Waals surface area contributed by atoms with Crippen molar-refractivity contribution < 1.29 is 9.18 Å². The van der Waals surface area contributed by atoms with Crippen molar-refractivity contribution in [3.8, 4) is 0 Å². The first-order valence-electron chi connectivity index (χ1n) is 8.77. The SMILES string of the molecule is O=C(Nc1ccc2nc(CCc3ccccc3)[nH]c2c1)c1ccc(F)cc1. The van der Waals surface area contributed by atoms with Gasteiger partial charge in [0.1, 0.15) is 11.6 Å². The van der Waals surface area contributed by atoms with Gasteiger partial charge in [-0.25, -0.2) is 9.37 Å². The molecule has 0 spiro atoms. The molecule has 0 saturated heterocycles. The van der Waals surface area contributed by atoms with Crippen LogP contribution in [0.5, 0.6) is 0 Å². The number of amides is 1. The summed E-state index contributed by atoms with van der Waals surface area (Å²) in [4.78, 5) is 20.2. The number of hydrogen-bond acceptors (Lipinski definition) is 2. The maximum absolute atomic E-state index is 13.0. The van der Waals surface area contributed by atoms with E-state index in [0.29, 0.717) is 11.3 Å². The monoisotopic (exact) mass is 359 g/mol. The number of benzene rings is 3. The fourth-order valence-electron chi connectivity index (χ4n) is 2.97. The van der Waals surface area contributed by atoms with Gasteiger partial charge in [-0.2, -0.15) is 0 Å².